The van der Waals surface area contributed by atoms with Gasteiger partial charge in [-0.3, -0.25) is 9.52 Å². The second kappa shape index (κ2) is 8.80. The summed E-state index contributed by atoms with van der Waals surface area (Å²) < 4.78 is 41.0. The Kier molecular flexibility index (Phi) is 5.92. The van der Waals surface area contributed by atoms with Gasteiger partial charge < -0.3 is 4.90 Å². The number of halogens is 1. The number of amides is 1. The standard InChI is InChI=1S/C25H21FN2O3S/c1-28(17-20-9-4-7-18-6-2-3-11-24(18)20)25(29)19-8-5-10-23(16-19)32(30,31)27-22-14-12-21(26)13-15-22/h2-16,27H,17H2,1H3. The molecule has 5 nitrogen and oxygen atoms in total. The average Bonchev–Trinajstić information content (AvgIpc) is 2.80. The summed E-state index contributed by atoms with van der Waals surface area (Å²) in [7, 11) is -2.26. The molecule has 1 N–H and O–H groups in total. The van der Waals surface area contributed by atoms with E-state index in [9.17, 15) is 17.6 Å². The van der Waals surface area contributed by atoms with Gasteiger partial charge >= 0.3 is 0 Å². The van der Waals surface area contributed by atoms with E-state index in [2.05, 4.69) is 4.72 Å². The van der Waals surface area contributed by atoms with E-state index in [1.54, 1.807) is 18.0 Å². The van der Waals surface area contributed by atoms with Crippen molar-refractivity contribution in [3.05, 3.63) is 108 Å². The minimum absolute atomic E-state index is 0.0498. The molecule has 0 spiro atoms. The molecule has 0 radical (unpaired) electrons. The number of nitrogens with one attached hydrogen (secondary N) is 1. The van der Waals surface area contributed by atoms with Crippen molar-refractivity contribution in [2.75, 3.05) is 11.8 Å². The number of hydrogen-bond acceptors (Lipinski definition) is 3. The molecule has 4 rings (SSSR count). The highest BCUT2D eigenvalue weighted by Gasteiger charge is 2.19. The van der Waals surface area contributed by atoms with Gasteiger partial charge in [0.1, 0.15) is 5.82 Å². The second-order valence-electron chi connectivity index (χ2n) is 7.44. The molecule has 1 amide bonds. The first-order valence-electron chi connectivity index (χ1n) is 9.94. The van der Waals surface area contributed by atoms with Crippen LogP contribution in [0.25, 0.3) is 10.8 Å². The van der Waals surface area contributed by atoms with Crippen LogP contribution in [0.5, 0.6) is 0 Å². The van der Waals surface area contributed by atoms with Crippen molar-refractivity contribution in [1.82, 2.24) is 4.90 Å². The van der Waals surface area contributed by atoms with E-state index in [0.29, 0.717) is 6.54 Å². The Balaban J connectivity index is 1.55. The van der Waals surface area contributed by atoms with Gasteiger partial charge in [0.25, 0.3) is 15.9 Å². The Labute approximate surface area is 186 Å². The fourth-order valence-corrected chi connectivity index (χ4v) is 4.61. The van der Waals surface area contributed by atoms with Gasteiger partial charge in [0.2, 0.25) is 0 Å². The zero-order valence-electron chi connectivity index (χ0n) is 17.3. The van der Waals surface area contributed by atoms with Gasteiger partial charge in [-0.25, -0.2) is 12.8 Å². The van der Waals surface area contributed by atoms with Crippen molar-refractivity contribution >= 4 is 32.4 Å². The van der Waals surface area contributed by atoms with Crippen LogP contribution in [-0.4, -0.2) is 26.3 Å². The smallest absolute Gasteiger partial charge is 0.261 e. The SMILES string of the molecule is CN(Cc1cccc2ccccc12)C(=O)c1cccc(S(=O)(=O)Nc2ccc(F)cc2)c1. The molecular formula is C25H21FN2O3S. The Morgan fingerprint density at radius 2 is 1.59 bits per heavy atom. The maximum absolute atomic E-state index is 13.1. The highest BCUT2D eigenvalue weighted by atomic mass is 32.2. The fraction of sp³-hybridized carbons (Fsp3) is 0.0800. The van der Waals surface area contributed by atoms with Crippen molar-refractivity contribution in [3.8, 4) is 0 Å². The van der Waals surface area contributed by atoms with Crippen molar-refractivity contribution in [2.24, 2.45) is 0 Å². The molecule has 0 aliphatic heterocycles. The van der Waals surface area contributed by atoms with E-state index in [1.165, 1.54) is 42.5 Å². The summed E-state index contributed by atoms with van der Waals surface area (Å²) in [4.78, 5) is 14.5. The summed E-state index contributed by atoms with van der Waals surface area (Å²) in [6, 6.07) is 24.7. The Morgan fingerprint density at radius 3 is 2.38 bits per heavy atom. The highest BCUT2D eigenvalue weighted by Crippen LogP contribution is 2.22. The van der Waals surface area contributed by atoms with Gasteiger partial charge in [-0.1, -0.05) is 48.5 Å². The van der Waals surface area contributed by atoms with Crippen LogP contribution in [0.2, 0.25) is 0 Å². The van der Waals surface area contributed by atoms with Gasteiger partial charge in [-0.2, -0.15) is 0 Å². The van der Waals surface area contributed by atoms with Crippen LogP contribution >= 0.6 is 0 Å². The van der Waals surface area contributed by atoms with Gasteiger partial charge in [0, 0.05) is 24.8 Å². The molecule has 0 heterocycles. The minimum Gasteiger partial charge on any atom is -0.337 e. The first-order valence-corrected chi connectivity index (χ1v) is 11.4. The van der Waals surface area contributed by atoms with E-state index in [4.69, 9.17) is 0 Å². The number of sulfonamides is 1. The third kappa shape index (κ3) is 4.63. The third-order valence-corrected chi connectivity index (χ3v) is 6.50. The van der Waals surface area contributed by atoms with E-state index < -0.39 is 15.8 Å². The number of carbonyl (C=O) groups excluding carboxylic acids is 1. The first kappa shape index (κ1) is 21.5. The van der Waals surface area contributed by atoms with E-state index >= 15 is 0 Å². The summed E-state index contributed by atoms with van der Waals surface area (Å²) in [5, 5.41) is 2.15. The quantitative estimate of drug-likeness (QED) is 0.449. The van der Waals surface area contributed by atoms with Gasteiger partial charge in [0.15, 0.2) is 0 Å². The van der Waals surface area contributed by atoms with Gasteiger partial charge in [-0.05, 0) is 58.8 Å². The predicted molar refractivity (Wildman–Crippen MR) is 123 cm³/mol. The summed E-state index contributed by atoms with van der Waals surface area (Å²) in [5.74, 6) is -0.758. The molecule has 0 atom stereocenters. The number of anilines is 1. The molecule has 0 bridgehead atoms. The molecule has 0 saturated heterocycles. The van der Waals surface area contributed by atoms with Crippen molar-refractivity contribution in [3.63, 3.8) is 0 Å². The monoisotopic (exact) mass is 448 g/mol. The van der Waals surface area contributed by atoms with Crippen LogP contribution in [0, 0.1) is 5.82 Å². The van der Waals surface area contributed by atoms with Crippen LogP contribution in [0.3, 0.4) is 0 Å². The molecule has 0 fully saturated rings. The largest absolute Gasteiger partial charge is 0.337 e. The van der Waals surface area contributed by atoms with E-state index in [1.807, 2.05) is 42.5 Å². The van der Waals surface area contributed by atoms with Gasteiger partial charge in [-0.15, -0.1) is 0 Å². The number of hydrogen-bond donors (Lipinski definition) is 1. The third-order valence-electron chi connectivity index (χ3n) is 5.12. The summed E-state index contributed by atoms with van der Waals surface area (Å²) in [5.41, 5.74) is 1.49. The first-order chi connectivity index (χ1) is 15.3. The number of carbonyl (C=O) groups is 1. The number of rotatable bonds is 6. The predicted octanol–water partition coefficient (Wildman–Crippen LogP) is 5.05. The lowest BCUT2D eigenvalue weighted by atomic mass is 10.0. The lowest BCUT2D eigenvalue weighted by Crippen LogP contribution is -2.26. The normalized spacial score (nSPS) is 11.3. The van der Waals surface area contributed by atoms with Crippen molar-refractivity contribution in [2.45, 2.75) is 11.4 Å². The van der Waals surface area contributed by atoms with Crippen LogP contribution in [0.1, 0.15) is 15.9 Å². The molecular weight excluding hydrogens is 427 g/mol. The minimum atomic E-state index is -3.94. The van der Waals surface area contributed by atoms with E-state index in [0.717, 1.165) is 16.3 Å². The molecule has 0 aliphatic carbocycles. The zero-order valence-corrected chi connectivity index (χ0v) is 18.1. The maximum Gasteiger partial charge on any atom is 0.261 e. The second-order valence-corrected chi connectivity index (χ2v) is 9.12. The Bertz CT molecular complexity index is 1380. The van der Waals surface area contributed by atoms with E-state index in [-0.39, 0.29) is 22.1 Å². The zero-order chi connectivity index (χ0) is 22.7. The van der Waals surface area contributed by atoms with Crippen LogP contribution in [0.4, 0.5) is 10.1 Å². The average molecular weight is 449 g/mol. The molecule has 4 aromatic carbocycles. The van der Waals surface area contributed by atoms with Crippen LogP contribution in [0.15, 0.2) is 95.9 Å². The number of benzene rings is 4. The summed E-state index contributed by atoms with van der Waals surface area (Å²) >= 11 is 0. The molecule has 0 aliphatic rings. The molecule has 4 aromatic rings. The number of nitrogens with zero attached hydrogens (tertiary/aromatic N) is 1. The highest BCUT2D eigenvalue weighted by molar-refractivity contribution is 7.92. The molecule has 0 saturated carbocycles. The Morgan fingerprint density at radius 1 is 0.906 bits per heavy atom. The summed E-state index contributed by atoms with van der Waals surface area (Å²) in [6.45, 7) is 0.380. The summed E-state index contributed by atoms with van der Waals surface area (Å²) in [6.07, 6.45) is 0. The van der Waals surface area contributed by atoms with Crippen LogP contribution in [-0.2, 0) is 16.6 Å². The van der Waals surface area contributed by atoms with Crippen LogP contribution < -0.4 is 4.72 Å². The molecule has 7 heteroatoms. The topological polar surface area (TPSA) is 66.5 Å². The fourth-order valence-electron chi connectivity index (χ4n) is 3.51. The molecule has 0 unspecified atom stereocenters. The maximum atomic E-state index is 13.1. The molecule has 162 valence electrons. The van der Waals surface area contributed by atoms with Crippen molar-refractivity contribution in [1.29, 1.82) is 0 Å². The number of fused-ring (bicyclic) bond motifs is 1. The molecule has 0 aromatic heterocycles. The molecule has 32 heavy (non-hydrogen) atoms. The van der Waals surface area contributed by atoms with Gasteiger partial charge in [0.05, 0.1) is 4.90 Å². The Hall–Kier alpha value is -3.71. The lowest BCUT2D eigenvalue weighted by molar-refractivity contribution is 0.0785. The van der Waals surface area contributed by atoms with Crippen molar-refractivity contribution < 1.29 is 17.6 Å². The lowest BCUT2D eigenvalue weighted by Gasteiger charge is -2.19.